The smallest absolute Gasteiger partial charge is 0.159 e. The molecular weight excluding hydrogens is 140 g/mol. The molecule has 0 unspecified atom stereocenters. The highest BCUT2D eigenvalue weighted by Gasteiger charge is 2.00. The Bertz CT molecular complexity index is 390. The van der Waals surface area contributed by atoms with E-state index >= 15 is 0 Å². The Morgan fingerprint density at radius 3 is 3.00 bits per heavy atom. The summed E-state index contributed by atoms with van der Waals surface area (Å²) in [5.41, 5.74) is 7.33. The molecule has 2 aromatic heterocycles. The standard InChI is InChI=1S/C7H8N4/c1-5-7-10-4-6(8)11(7)3-2-9-5/h2-4H,8H2,1H3. The number of nitrogens with zero attached hydrogens (tertiary/aromatic N) is 3. The van der Waals surface area contributed by atoms with Gasteiger partial charge in [-0.2, -0.15) is 0 Å². The highest BCUT2D eigenvalue weighted by Crippen LogP contribution is 2.08. The molecular formula is C7H8N4. The molecule has 56 valence electrons. The maximum Gasteiger partial charge on any atom is 0.159 e. The lowest BCUT2D eigenvalue weighted by molar-refractivity contribution is 1.08. The van der Waals surface area contributed by atoms with Crippen LogP contribution < -0.4 is 5.73 Å². The van der Waals surface area contributed by atoms with E-state index in [0.29, 0.717) is 5.82 Å². The third kappa shape index (κ3) is 0.756. The van der Waals surface area contributed by atoms with Crippen molar-refractivity contribution in [2.45, 2.75) is 6.92 Å². The fourth-order valence-electron chi connectivity index (χ4n) is 1.07. The van der Waals surface area contributed by atoms with Crippen molar-refractivity contribution in [3.05, 3.63) is 24.3 Å². The van der Waals surface area contributed by atoms with Crippen LogP contribution in [-0.2, 0) is 0 Å². The van der Waals surface area contributed by atoms with Gasteiger partial charge < -0.3 is 5.73 Å². The van der Waals surface area contributed by atoms with Crippen molar-refractivity contribution in [3.63, 3.8) is 0 Å². The summed E-state index contributed by atoms with van der Waals surface area (Å²) >= 11 is 0. The molecule has 0 spiro atoms. The fraction of sp³-hybridized carbons (Fsp3) is 0.143. The zero-order chi connectivity index (χ0) is 7.84. The molecule has 0 fully saturated rings. The van der Waals surface area contributed by atoms with E-state index in [1.54, 1.807) is 18.6 Å². The monoisotopic (exact) mass is 148 g/mol. The lowest BCUT2D eigenvalue weighted by atomic mass is 10.5. The van der Waals surface area contributed by atoms with E-state index in [0.717, 1.165) is 11.3 Å². The topological polar surface area (TPSA) is 56.2 Å². The van der Waals surface area contributed by atoms with Gasteiger partial charge in [-0.1, -0.05) is 0 Å². The molecule has 0 bridgehead atoms. The maximum absolute atomic E-state index is 5.62. The maximum atomic E-state index is 5.62. The van der Waals surface area contributed by atoms with Crippen LogP contribution in [0.5, 0.6) is 0 Å². The van der Waals surface area contributed by atoms with Gasteiger partial charge in [-0.3, -0.25) is 9.38 Å². The van der Waals surface area contributed by atoms with Gasteiger partial charge in [0.2, 0.25) is 0 Å². The van der Waals surface area contributed by atoms with Crippen molar-refractivity contribution in [3.8, 4) is 0 Å². The summed E-state index contributed by atoms with van der Waals surface area (Å²) in [6.07, 6.45) is 5.13. The second kappa shape index (κ2) is 1.95. The van der Waals surface area contributed by atoms with E-state index in [9.17, 15) is 0 Å². The van der Waals surface area contributed by atoms with Gasteiger partial charge in [0.15, 0.2) is 5.65 Å². The Morgan fingerprint density at radius 1 is 1.45 bits per heavy atom. The molecule has 2 rings (SSSR count). The molecule has 11 heavy (non-hydrogen) atoms. The zero-order valence-electron chi connectivity index (χ0n) is 6.15. The Morgan fingerprint density at radius 2 is 2.27 bits per heavy atom. The van der Waals surface area contributed by atoms with E-state index in [1.165, 1.54) is 0 Å². The van der Waals surface area contributed by atoms with Crippen LogP contribution in [0.15, 0.2) is 18.6 Å². The molecule has 0 atom stereocenters. The predicted octanol–water partition coefficient (Wildman–Crippen LogP) is 0.620. The van der Waals surface area contributed by atoms with Crippen LogP contribution in [-0.4, -0.2) is 14.4 Å². The number of aromatic nitrogens is 3. The van der Waals surface area contributed by atoms with E-state index in [1.807, 2.05) is 11.3 Å². The molecule has 0 aliphatic carbocycles. The Hall–Kier alpha value is -1.58. The number of nitrogen functional groups attached to an aromatic ring is 1. The van der Waals surface area contributed by atoms with Crippen molar-refractivity contribution in [1.29, 1.82) is 0 Å². The predicted molar refractivity (Wildman–Crippen MR) is 42.1 cm³/mol. The summed E-state index contributed by atoms with van der Waals surface area (Å²) < 4.78 is 1.81. The van der Waals surface area contributed by atoms with Crippen molar-refractivity contribution in [1.82, 2.24) is 14.4 Å². The van der Waals surface area contributed by atoms with Gasteiger partial charge in [0.25, 0.3) is 0 Å². The average Bonchev–Trinajstić information content (AvgIpc) is 2.35. The highest BCUT2D eigenvalue weighted by molar-refractivity contribution is 5.50. The molecule has 0 aliphatic rings. The summed E-state index contributed by atoms with van der Waals surface area (Å²) in [4.78, 5) is 8.18. The number of aryl methyl sites for hydroxylation is 1. The van der Waals surface area contributed by atoms with Gasteiger partial charge in [0.05, 0.1) is 11.9 Å². The van der Waals surface area contributed by atoms with Crippen molar-refractivity contribution < 1.29 is 0 Å². The molecule has 4 heteroatoms. The third-order valence-corrected chi connectivity index (χ3v) is 1.63. The molecule has 2 N–H and O–H groups in total. The molecule has 0 radical (unpaired) electrons. The molecule has 0 amide bonds. The summed E-state index contributed by atoms with van der Waals surface area (Å²) in [5, 5.41) is 0. The molecule has 0 saturated heterocycles. The van der Waals surface area contributed by atoms with Crippen molar-refractivity contribution in [2.24, 2.45) is 0 Å². The number of fused-ring (bicyclic) bond motifs is 1. The summed E-state index contributed by atoms with van der Waals surface area (Å²) in [5.74, 6) is 0.644. The number of nitrogens with two attached hydrogens (primary N) is 1. The fourth-order valence-corrected chi connectivity index (χ4v) is 1.07. The first kappa shape index (κ1) is 6.15. The van der Waals surface area contributed by atoms with Crippen LogP contribution in [0, 0.1) is 6.92 Å². The van der Waals surface area contributed by atoms with E-state index in [-0.39, 0.29) is 0 Å². The van der Waals surface area contributed by atoms with Gasteiger partial charge >= 0.3 is 0 Å². The van der Waals surface area contributed by atoms with Crippen molar-refractivity contribution in [2.75, 3.05) is 5.73 Å². The number of anilines is 1. The number of hydrogen-bond acceptors (Lipinski definition) is 3. The molecule has 2 heterocycles. The third-order valence-electron chi connectivity index (χ3n) is 1.63. The van der Waals surface area contributed by atoms with Crippen LogP contribution in [0.25, 0.3) is 5.65 Å². The zero-order valence-corrected chi connectivity index (χ0v) is 6.15. The lowest BCUT2D eigenvalue weighted by Crippen LogP contribution is -1.94. The molecule has 0 aliphatic heterocycles. The van der Waals surface area contributed by atoms with Gasteiger partial charge in [-0.15, -0.1) is 0 Å². The first-order chi connectivity index (χ1) is 5.29. The number of rotatable bonds is 0. The number of hydrogen-bond donors (Lipinski definition) is 1. The van der Waals surface area contributed by atoms with E-state index in [2.05, 4.69) is 9.97 Å². The van der Waals surface area contributed by atoms with Gasteiger partial charge in [-0.25, -0.2) is 4.98 Å². The van der Waals surface area contributed by atoms with Crippen molar-refractivity contribution >= 4 is 11.5 Å². The average molecular weight is 148 g/mol. The van der Waals surface area contributed by atoms with Gasteiger partial charge in [0, 0.05) is 12.4 Å². The second-order valence-electron chi connectivity index (χ2n) is 2.39. The highest BCUT2D eigenvalue weighted by atomic mass is 15.1. The van der Waals surface area contributed by atoms with Crippen LogP contribution in [0.3, 0.4) is 0 Å². The Balaban J connectivity index is 2.94. The van der Waals surface area contributed by atoms with E-state index in [4.69, 9.17) is 5.73 Å². The largest absolute Gasteiger partial charge is 0.383 e. The quantitative estimate of drug-likeness (QED) is 0.595. The normalized spacial score (nSPS) is 10.6. The molecule has 2 aromatic rings. The van der Waals surface area contributed by atoms with Crippen LogP contribution in [0.1, 0.15) is 5.69 Å². The molecule has 4 nitrogen and oxygen atoms in total. The molecule has 0 saturated carbocycles. The summed E-state index contributed by atoms with van der Waals surface area (Å²) in [7, 11) is 0. The minimum Gasteiger partial charge on any atom is -0.383 e. The Labute approximate surface area is 63.7 Å². The minimum atomic E-state index is 0.644. The first-order valence-electron chi connectivity index (χ1n) is 3.33. The SMILES string of the molecule is Cc1nccn2c(N)cnc12. The molecule has 0 aromatic carbocycles. The van der Waals surface area contributed by atoms with Crippen LogP contribution >= 0.6 is 0 Å². The summed E-state index contributed by atoms with van der Waals surface area (Å²) in [6.45, 7) is 1.90. The first-order valence-corrected chi connectivity index (χ1v) is 3.33. The number of imidazole rings is 1. The summed E-state index contributed by atoms with van der Waals surface area (Å²) in [6, 6.07) is 0. The van der Waals surface area contributed by atoms with Gasteiger partial charge in [0.1, 0.15) is 5.82 Å². The van der Waals surface area contributed by atoms with Crippen LogP contribution in [0.2, 0.25) is 0 Å². The Kier molecular flexibility index (Phi) is 1.09. The van der Waals surface area contributed by atoms with Crippen LogP contribution in [0.4, 0.5) is 5.82 Å². The minimum absolute atomic E-state index is 0.644. The lowest BCUT2D eigenvalue weighted by Gasteiger charge is -1.95. The second-order valence-corrected chi connectivity index (χ2v) is 2.39. The van der Waals surface area contributed by atoms with Gasteiger partial charge in [-0.05, 0) is 6.92 Å². The van der Waals surface area contributed by atoms with E-state index < -0.39 is 0 Å².